The summed E-state index contributed by atoms with van der Waals surface area (Å²) in [5, 5.41) is 3.86. The van der Waals surface area contributed by atoms with Crippen LogP contribution in [0.3, 0.4) is 0 Å². The van der Waals surface area contributed by atoms with Crippen LogP contribution >= 0.6 is 0 Å². The number of hydrogen-bond donors (Lipinski definition) is 1. The molecule has 1 saturated heterocycles. The molecule has 0 aliphatic carbocycles. The number of rotatable bonds is 11. The molecule has 3 aromatic carbocycles. The maximum Gasteiger partial charge on any atom is 0.269 e. The molecule has 1 amide bonds. The second-order valence-electron chi connectivity index (χ2n) is 12.3. The molecule has 1 aliphatic heterocycles. The lowest BCUT2D eigenvalue weighted by molar-refractivity contribution is 0.102. The van der Waals surface area contributed by atoms with Gasteiger partial charge >= 0.3 is 0 Å². The van der Waals surface area contributed by atoms with Gasteiger partial charge in [0.2, 0.25) is 0 Å². The molecule has 0 bridgehead atoms. The number of aromatic nitrogens is 3. The fourth-order valence-electron chi connectivity index (χ4n) is 6.13. The lowest BCUT2D eigenvalue weighted by Crippen LogP contribution is -2.44. The molecular formula is C39H37FN6O5. The van der Waals surface area contributed by atoms with Crippen molar-refractivity contribution in [3.05, 3.63) is 119 Å². The molecule has 0 atom stereocenters. The van der Waals surface area contributed by atoms with Gasteiger partial charge in [0, 0.05) is 73.7 Å². The van der Waals surface area contributed by atoms with Crippen molar-refractivity contribution in [2.45, 2.75) is 6.42 Å². The number of anilines is 1. The van der Waals surface area contributed by atoms with Crippen molar-refractivity contribution in [1.82, 2.24) is 24.3 Å². The summed E-state index contributed by atoms with van der Waals surface area (Å²) in [5.41, 5.74) is 1.06. The van der Waals surface area contributed by atoms with Crippen LogP contribution in [0.25, 0.3) is 27.6 Å². The first-order valence-corrected chi connectivity index (χ1v) is 16.7. The van der Waals surface area contributed by atoms with Gasteiger partial charge in [-0.15, -0.1) is 0 Å². The number of nitrogens with zero attached hydrogens (tertiary/aromatic N) is 5. The number of benzene rings is 3. The van der Waals surface area contributed by atoms with Crippen LogP contribution in [0.4, 0.5) is 10.1 Å². The van der Waals surface area contributed by atoms with Crippen molar-refractivity contribution in [2.24, 2.45) is 0 Å². The molecule has 11 nitrogen and oxygen atoms in total. The van der Waals surface area contributed by atoms with Gasteiger partial charge in [0.15, 0.2) is 23.1 Å². The van der Waals surface area contributed by atoms with Gasteiger partial charge < -0.3 is 29.3 Å². The summed E-state index contributed by atoms with van der Waals surface area (Å²) in [4.78, 5) is 40.6. The predicted octanol–water partition coefficient (Wildman–Crippen LogP) is 6.14. The SMILES string of the molecule is COc1cc2c(Oc3ccc(NC(=O)c4cc5cccnc5n(-c5ccccc5)c4=O)cc3F)ccnc2cc1OCCCN1CCN(C)CC1. The predicted molar refractivity (Wildman–Crippen MR) is 194 cm³/mol. The molecule has 0 spiro atoms. The largest absolute Gasteiger partial charge is 0.493 e. The third-order valence-corrected chi connectivity index (χ3v) is 8.89. The molecule has 1 N–H and O–H groups in total. The Balaban J connectivity index is 1.07. The van der Waals surface area contributed by atoms with Crippen LogP contribution in [0.5, 0.6) is 23.0 Å². The van der Waals surface area contributed by atoms with Crippen molar-refractivity contribution >= 4 is 33.5 Å². The number of hydrogen-bond acceptors (Lipinski definition) is 9. The van der Waals surface area contributed by atoms with Gasteiger partial charge in [0.25, 0.3) is 11.5 Å². The lowest BCUT2D eigenvalue weighted by Gasteiger charge is -2.32. The van der Waals surface area contributed by atoms with E-state index in [0.29, 0.717) is 51.5 Å². The number of ether oxygens (including phenoxy) is 3. The Morgan fingerprint density at radius 2 is 1.69 bits per heavy atom. The number of carbonyl (C=O) groups is 1. The number of carbonyl (C=O) groups excluding carboxylic acids is 1. The summed E-state index contributed by atoms with van der Waals surface area (Å²) in [7, 11) is 3.71. The molecule has 12 heteroatoms. The third-order valence-electron chi connectivity index (χ3n) is 8.89. The number of para-hydroxylation sites is 1. The maximum atomic E-state index is 15.5. The van der Waals surface area contributed by atoms with E-state index in [1.807, 2.05) is 6.07 Å². The summed E-state index contributed by atoms with van der Waals surface area (Å²) >= 11 is 0. The minimum absolute atomic E-state index is 0.0630. The highest BCUT2D eigenvalue weighted by molar-refractivity contribution is 6.05. The van der Waals surface area contributed by atoms with Gasteiger partial charge in [-0.2, -0.15) is 0 Å². The molecule has 1 fully saturated rings. The normalized spacial score (nSPS) is 13.7. The quantitative estimate of drug-likeness (QED) is 0.161. The van der Waals surface area contributed by atoms with E-state index in [0.717, 1.165) is 45.2 Å². The first-order valence-electron chi connectivity index (χ1n) is 16.7. The van der Waals surface area contributed by atoms with Crippen molar-refractivity contribution in [3.63, 3.8) is 0 Å². The number of pyridine rings is 3. The summed E-state index contributed by atoms with van der Waals surface area (Å²) in [5.74, 6) is -0.0250. The van der Waals surface area contributed by atoms with Gasteiger partial charge in [-0.3, -0.25) is 19.1 Å². The average Bonchev–Trinajstić information content (AvgIpc) is 3.15. The van der Waals surface area contributed by atoms with Crippen molar-refractivity contribution in [2.75, 3.05) is 58.8 Å². The summed E-state index contributed by atoms with van der Waals surface area (Å²) in [6.45, 7) is 5.75. The van der Waals surface area contributed by atoms with Gasteiger partial charge in [-0.05, 0) is 68.1 Å². The molecule has 6 aromatic rings. The number of amides is 1. The van der Waals surface area contributed by atoms with Crippen LogP contribution in [-0.2, 0) is 0 Å². The second-order valence-corrected chi connectivity index (χ2v) is 12.3. The Labute approximate surface area is 293 Å². The molecule has 0 saturated carbocycles. The number of piperazine rings is 1. The van der Waals surface area contributed by atoms with E-state index in [1.165, 1.54) is 22.8 Å². The van der Waals surface area contributed by atoms with Crippen LogP contribution in [0.15, 0.2) is 102 Å². The number of nitrogens with one attached hydrogen (secondary N) is 1. The van der Waals surface area contributed by atoms with E-state index in [1.54, 1.807) is 74.1 Å². The van der Waals surface area contributed by atoms with Crippen LogP contribution in [0, 0.1) is 5.82 Å². The van der Waals surface area contributed by atoms with Crippen LogP contribution in [0.2, 0.25) is 0 Å². The minimum atomic E-state index is -0.713. The number of fused-ring (bicyclic) bond motifs is 2. The molecule has 51 heavy (non-hydrogen) atoms. The van der Waals surface area contributed by atoms with E-state index in [4.69, 9.17) is 14.2 Å². The first-order chi connectivity index (χ1) is 24.9. The Hall–Kier alpha value is -5.85. The van der Waals surface area contributed by atoms with Gasteiger partial charge in [-0.25, -0.2) is 9.37 Å². The summed E-state index contributed by atoms with van der Waals surface area (Å²) in [6.07, 6.45) is 4.04. The Morgan fingerprint density at radius 3 is 2.47 bits per heavy atom. The van der Waals surface area contributed by atoms with E-state index >= 15 is 4.39 Å². The topological polar surface area (TPSA) is 111 Å². The number of likely N-dealkylation sites (N-methyl/N-ethyl adjacent to an activating group) is 1. The van der Waals surface area contributed by atoms with Crippen LogP contribution in [0.1, 0.15) is 16.8 Å². The zero-order valence-corrected chi connectivity index (χ0v) is 28.3. The van der Waals surface area contributed by atoms with Gasteiger partial charge in [-0.1, -0.05) is 18.2 Å². The fraction of sp³-hybridized carbons (Fsp3) is 0.231. The zero-order valence-electron chi connectivity index (χ0n) is 28.3. The maximum absolute atomic E-state index is 15.5. The third kappa shape index (κ3) is 7.37. The standard InChI is InChI=1S/C39H37FN6O5/c1-44-17-19-45(20-18-44)16-7-21-50-36-25-32-29(24-35(36)49-2)33(13-15-41-32)51-34-12-11-27(23-31(34)40)43-38(47)30-22-26-8-6-14-42-37(26)46(39(30)48)28-9-4-3-5-10-28/h3-6,8-15,22-25H,7,16-21H2,1-2H3,(H,43,47). The van der Waals surface area contributed by atoms with Crippen molar-refractivity contribution in [3.8, 4) is 28.7 Å². The second kappa shape index (κ2) is 15.0. The summed E-state index contributed by atoms with van der Waals surface area (Å²) < 4.78 is 34.6. The van der Waals surface area contributed by atoms with Crippen LogP contribution < -0.4 is 25.1 Å². The minimum Gasteiger partial charge on any atom is -0.493 e. The smallest absolute Gasteiger partial charge is 0.269 e. The van der Waals surface area contributed by atoms with Gasteiger partial charge in [0.05, 0.1) is 24.9 Å². The Kier molecular flexibility index (Phi) is 9.86. The van der Waals surface area contributed by atoms with Crippen molar-refractivity contribution in [1.29, 1.82) is 0 Å². The molecule has 3 aromatic heterocycles. The zero-order chi connectivity index (χ0) is 35.3. The van der Waals surface area contributed by atoms with Gasteiger partial charge in [0.1, 0.15) is 17.0 Å². The highest BCUT2D eigenvalue weighted by Gasteiger charge is 2.19. The van der Waals surface area contributed by atoms with E-state index < -0.39 is 17.3 Å². The molecule has 4 heterocycles. The van der Waals surface area contributed by atoms with E-state index in [9.17, 15) is 9.59 Å². The van der Waals surface area contributed by atoms with Crippen LogP contribution in [-0.4, -0.2) is 83.7 Å². The molecule has 7 rings (SSSR count). The Morgan fingerprint density at radius 1 is 0.863 bits per heavy atom. The molecular weight excluding hydrogens is 651 g/mol. The average molecular weight is 689 g/mol. The fourth-order valence-corrected chi connectivity index (χ4v) is 6.13. The lowest BCUT2D eigenvalue weighted by atomic mass is 10.1. The first kappa shape index (κ1) is 33.6. The number of halogens is 1. The molecule has 0 radical (unpaired) electrons. The monoisotopic (exact) mass is 688 g/mol. The molecule has 1 aliphatic rings. The molecule has 0 unspecified atom stereocenters. The summed E-state index contributed by atoms with van der Waals surface area (Å²) in [6, 6.07) is 23.2. The highest BCUT2D eigenvalue weighted by atomic mass is 19.1. The highest BCUT2D eigenvalue weighted by Crippen LogP contribution is 2.38. The molecule has 260 valence electrons. The van der Waals surface area contributed by atoms with Crippen molar-refractivity contribution < 1.29 is 23.4 Å². The number of methoxy groups -OCH3 is 1. The Bertz CT molecular complexity index is 2260. The van der Waals surface area contributed by atoms with E-state index in [2.05, 4.69) is 32.1 Å². The van der Waals surface area contributed by atoms with E-state index in [-0.39, 0.29) is 17.0 Å².